The van der Waals surface area contributed by atoms with Gasteiger partial charge in [-0.25, -0.2) is 14.4 Å². The van der Waals surface area contributed by atoms with Gasteiger partial charge in [-0.15, -0.1) is 0 Å². The molecule has 2 N–H and O–H groups in total. The lowest BCUT2D eigenvalue weighted by Crippen LogP contribution is -2.45. The fourth-order valence-electron chi connectivity index (χ4n) is 1.91. The highest BCUT2D eigenvalue weighted by molar-refractivity contribution is 6.42. The molecule has 24 heavy (non-hydrogen) atoms. The summed E-state index contributed by atoms with van der Waals surface area (Å²) in [6, 6.07) is 3.80. The second-order valence-corrected chi connectivity index (χ2v) is 5.50. The summed E-state index contributed by atoms with van der Waals surface area (Å²) >= 11 is 11.6. The molecule has 9 heteroatoms. The van der Waals surface area contributed by atoms with Crippen LogP contribution in [0, 0.1) is 0 Å². The molecular weight excluding hydrogens is 359 g/mol. The van der Waals surface area contributed by atoms with E-state index in [1.54, 1.807) is 6.92 Å². The molecule has 0 radical (unpaired) electrons. The molecule has 0 saturated carbocycles. The molecule has 0 saturated heterocycles. The first kappa shape index (κ1) is 18.1. The van der Waals surface area contributed by atoms with Crippen molar-refractivity contribution in [3.05, 3.63) is 45.1 Å². The molecule has 1 heterocycles. The first-order valence-corrected chi connectivity index (χ1v) is 7.74. The second-order valence-electron chi connectivity index (χ2n) is 4.69. The Balaban J connectivity index is 2.11. The molecule has 0 spiro atoms. The number of ether oxygens (including phenoxy) is 2. The standard InChI is InChI=1S/C15H14Cl2N2O5/c1-2-23-14(21)9-6-18-15(22)19-12(9)7-24-13(20)8-3-4-10(16)11(17)5-8/h3-5H,2,6-7H2,1H3,(H2,18,19,22). The average molecular weight is 373 g/mol. The normalized spacial score (nSPS) is 13.9. The summed E-state index contributed by atoms with van der Waals surface area (Å²) in [4.78, 5) is 35.3. The molecular formula is C15H14Cl2N2O5. The van der Waals surface area contributed by atoms with Crippen LogP contribution in [0.15, 0.2) is 29.5 Å². The van der Waals surface area contributed by atoms with Crippen molar-refractivity contribution in [3.8, 4) is 0 Å². The van der Waals surface area contributed by atoms with Gasteiger partial charge in [0.05, 0.1) is 40.0 Å². The van der Waals surface area contributed by atoms with Crippen LogP contribution in [-0.4, -0.2) is 37.7 Å². The molecule has 0 aliphatic carbocycles. The van der Waals surface area contributed by atoms with Gasteiger partial charge in [0.2, 0.25) is 0 Å². The number of carbonyl (C=O) groups excluding carboxylic acids is 3. The minimum Gasteiger partial charge on any atom is -0.463 e. The molecule has 0 bridgehead atoms. The Kier molecular flexibility index (Phi) is 6.05. The van der Waals surface area contributed by atoms with Gasteiger partial charge in [0.25, 0.3) is 0 Å². The Morgan fingerprint density at radius 2 is 1.92 bits per heavy atom. The molecule has 7 nitrogen and oxygen atoms in total. The molecule has 1 aromatic rings. The van der Waals surface area contributed by atoms with Crippen LogP contribution in [0.2, 0.25) is 10.0 Å². The molecule has 0 unspecified atom stereocenters. The van der Waals surface area contributed by atoms with Crippen molar-refractivity contribution >= 4 is 41.2 Å². The fourth-order valence-corrected chi connectivity index (χ4v) is 2.21. The van der Waals surface area contributed by atoms with Gasteiger partial charge in [0.15, 0.2) is 0 Å². The Morgan fingerprint density at radius 1 is 1.17 bits per heavy atom. The van der Waals surface area contributed by atoms with E-state index in [0.29, 0.717) is 5.02 Å². The summed E-state index contributed by atoms with van der Waals surface area (Å²) in [5.74, 6) is -1.26. The van der Waals surface area contributed by atoms with Gasteiger partial charge in [-0.3, -0.25) is 0 Å². The number of hydrogen-bond donors (Lipinski definition) is 2. The van der Waals surface area contributed by atoms with Crippen molar-refractivity contribution in [1.82, 2.24) is 10.6 Å². The predicted molar refractivity (Wildman–Crippen MR) is 86.9 cm³/mol. The summed E-state index contributed by atoms with van der Waals surface area (Å²) in [6.07, 6.45) is 0. The van der Waals surface area contributed by atoms with Gasteiger partial charge >= 0.3 is 18.0 Å². The lowest BCUT2D eigenvalue weighted by Gasteiger charge is -2.21. The Bertz CT molecular complexity index is 718. The van der Waals surface area contributed by atoms with Crippen LogP contribution >= 0.6 is 23.2 Å². The van der Waals surface area contributed by atoms with Gasteiger partial charge in [-0.1, -0.05) is 23.2 Å². The maximum atomic E-state index is 12.0. The Hall–Kier alpha value is -2.25. The van der Waals surface area contributed by atoms with Crippen molar-refractivity contribution in [2.75, 3.05) is 19.8 Å². The van der Waals surface area contributed by atoms with Gasteiger partial charge in [-0.05, 0) is 25.1 Å². The number of halogens is 2. The smallest absolute Gasteiger partial charge is 0.338 e. The lowest BCUT2D eigenvalue weighted by atomic mass is 10.1. The molecule has 0 fully saturated rings. The minimum absolute atomic E-state index is 0.00960. The number of urea groups is 1. The van der Waals surface area contributed by atoms with Gasteiger partial charge in [0.1, 0.15) is 6.61 Å². The quantitative estimate of drug-likeness (QED) is 0.773. The molecule has 128 valence electrons. The SMILES string of the molecule is CCOC(=O)C1=C(COC(=O)c2ccc(Cl)c(Cl)c2)NC(=O)NC1. The van der Waals surface area contributed by atoms with Crippen LogP contribution < -0.4 is 10.6 Å². The van der Waals surface area contributed by atoms with E-state index in [1.807, 2.05) is 0 Å². The van der Waals surface area contributed by atoms with Crippen LogP contribution in [-0.2, 0) is 14.3 Å². The van der Waals surface area contributed by atoms with E-state index >= 15 is 0 Å². The summed E-state index contributed by atoms with van der Waals surface area (Å²) in [5.41, 5.74) is 0.562. The third-order valence-electron chi connectivity index (χ3n) is 3.08. The van der Waals surface area contributed by atoms with Crippen molar-refractivity contribution in [1.29, 1.82) is 0 Å². The first-order chi connectivity index (χ1) is 11.4. The number of carbonyl (C=O) groups is 3. The molecule has 0 atom stereocenters. The number of hydrogen-bond acceptors (Lipinski definition) is 5. The summed E-state index contributed by atoms with van der Waals surface area (Å²) in [5, 5.41) is 5.42. The topological polar surface area (TPSA) is 93.7 Å². The Morgan fingerprint density at radius 3 is 2.58 bits per heavy atom. The van der Waals surface area contributed by atoms with E-state index in [-0.39, 0.29) is 41.6 Å². The maximum absolute atomic E-state index is 12.0. The molecule has 1 aliphatic heterocycles. The largest absolute Gasteiger partial charge is 0.463 e. The summed E-state index contributed by atoms with van der Waals surface area (Å²) < 4.78 is 10.0. The van der Waals surface area contributed by atoms with E-state index in [2.05, 4.69) is 10.6 Å². The Labute approximate surface area is 147 Å². The number of rotatable bonds is 5. The highest BCUT2D eigenvalue weighted by Gasteiger charge is 2.24. The highest BCUT2D eigenvalue weighted by atomic mass is 35.5. The monoisotopic (exact) mass is 372 g/mol. The fraction of sp³-hybridized carbons (Fsp3) is 0.267. The second kappa shape index (κ2) is 8.03. The zero-order valence-electron chi connectivity index (χ0n) is 12.7. The molecule has 0 aromatic heterocycles. The average Bonchev–Trinajstić information content (AvgIpc) is 2.55. The molecule has 2 rings (SSSR count). The summed E-state index contributed by atoms with van der Waals surface area (Å²) in [6.45, 7) is 1.55. The molecule has 1 aromatic carbocycles. The van der Waals surface area contributed by atoms with Crippen LogP contribution in [0.4, 0.5) is 4.79 Å². The van der Waals surface area contributed by atoms with Crippen LogP contribution in [0.5, 0.6) is 0 Å². The first-order valence-electron chi connectivity index (χ1n) is 6.98. The van der Waals surface area contributed by atoms with Crippen molar-refractivity contribution in [2.45, 2.75) is 6.92 Å². The molecule has 1 aliphatic rings. The van der Waals surface area contributed by atoms with Gasteiger partial charge < -0.3 is 20.1 Å². The van der Waals surface area contributed by atoms with Gasteiger partial charge in [-0.2, -0.15) is 0 Å². The van der Waals surface area contributed by atoms with E-state index in [9.17, 15) is 14.4 Å². The number of esters is 2. The minimum atomic E-state index is -0.669. The highest BCUT2D eigenvalue weighted by Crippen LogP contribution is 2.23. The van der Waals surface area contributed by atoms with E-state index < -0.39 is 18.0 Å². The zero-order chi connectivity index (χ0) is 17.7. The third kappa shape index (κ3) is 4.39. The van der Waals surface area contributed by atoms with Crippen molar-refractivity contribution < 1.29 is 23.9 Å². The van der Waals surface area contributed by atoms with Crippen LogP contribution in [0.3, 0.4) is 0 Å². The third-order valence-corrected chi connectivity index (χ3v) is 3.82. The van der Waals surface area contributed by atoms with Crippen molar-refractivity contribution in [2.24, 2.45) is 0 Å². The van der Waals surface area contributed by atoms with Crippen LogP contribution in [0.25, 0.3) is 0 Å². The number of benzene rings is 1. The lowest BCUT2D eigenvalue weighted by molar-refractivity contribution is -0.138. The van der Waals surface area contributed by atoms with Crippen LogP contribution in [0.1, 0.15) is 17.3 Å². The molecule has 2 amide bonds. The van der Waals surface area contributed by atoms with Gasteiger partial charge in [0, 0.05) is 0 Å². The van der Waals surface area contributed by atoms with E-state index in [1.165, 1.54) is 18.2 Å². The number of nitrogens with one attached hydrogen (secondary N) is 2. The van der Waals surface area contributed by atoms with E-state index in [4.69, 9.17) is 32.7 Å². The predicted octanol–water partition coefficient (Wildman–Crippen LogP) is 2.28. The maximum Gasteiger partial charge on any atom is 0.338 e. The van der Waals surface area contributed by atoms with E-state index in [0.717, 1.165) is 0 Å². The zero-order valence-corrected chi connectivity index (χ0v) is 14.2. The van der Waals surface area contributed by atoms with Crippen molar-refractivity contribution in [3.63, 3.8) is 0 Å². The summed E-state index contributed by atoms with van der Waals surface area (Å²) in [7, 11) is 0. The number of amides is 2.